The highest BCUT2D eigenvalue weighted by molar-refractivity contribution is 5.87. The Morgan fingerprint density at radius 2 is 1.92 bits per heavy atom. The summed E-state index contributed by atoms with van der Waals surface area (Å²) in [5, 5.41) is 0. The summed E-state index contributed by atoms with van der Waals surface area (Å²) in [6, 6.07) is 3.60. The van der Waals surface area contributed by atoms with Crippen LogP contribution in [-0.2, 0) is 9.59 Å². The Labute approximate surface area is 142 Å². The van der Waals surface area contributed by atoms with Crippen molar-refractivity contribution in [2.24, 2.45) is 0 Å². The number of carbonyl (C=O) groups excluding carboxylic acids is 2. The predicted octanol–water partition coefficient (Wildman–Crippen LogP) is 1.77. The van der Waals surface area contributed by atoms with E-state index in [0.29, 0.717) is 25.5 Å². The van der Waals surface area contributed by atoms with Crippen LogP contribution in [0.15, 0.2) is 18.3 Å². The highest BCUT2D eigenvalue weighted by atomic mass is 16.5. The molecule has 1 aromatic rings. The summed E-state index contributed by atoms with van der Waals surface area (Å²) < 4.78 is 5.91. The number of aromatic nitrogens is 1. The van der Waals surface area contributed by atoms with Gasteiger partial charge in [-0.1, -0.05) is 6.07 Å². The fourth-order valence-electron chi connectivity index (χ4n) is 3.50. The molecule has 0 spiro atoms. The maximum Gasteiger partial charge on any atom is 0.245 e. The second-order valence-electron chi connectivity index (χ2n) is 6.69. The van der Waals surface area contributed by atoms with Crippen molar-refractivity contribution in [3.05, 3.63) is 23.9 Å². The van der Waals surface area contributed by atoms with Gasteiger partial charge in [0, 0.05) is 51.7 Å². The minimum atomic E-state index is -0.265. The number of hydrogen-bond acceptors (Lipinski definition) is 4. The summed E-state index contributed by atoms with van der Waals surface area (Å²) in [5.74, 6) is 0.730. The lowest BCUT2D eigenvalue weighted by atomic mass is 10.1. The van der Waals surface area contributed by atoms with Gasteiger partial charge in [-0.3, -0.25) is 9.59 Å². The van der Waals surface area contributed by atoms with Crippen LogP contribution in [0.1, 0.15) is 38.2 Å². The van der Waals surface area contributed by atoms with E-state index in [9.17, 15) is 9.59 Å². The van der Waals surface area contributed by atoms with E-state index < -0.39 is 0 Å². The van der Waals surface area contributed by atoms with E-state index in [0.717, 1.165) is 31.2 Å². The van der Waals surface area contributed by atoms with Crippen LogP contribution in [0.2, 0.25) is 0 Å². The summed E-state index contributed by atoms with van der Waals surface area (Å²) in [6.45, 7) is 5.59. The molecule has 130 valence electrons. The Bertz CT molecular complexity index is 594. The second kappa shape index (κ2) is 7.20. The van der Waals surface area contributed by atoms with Gasteiger partial charge in [0.05, 0.1) is 0 Å². The third kappa shape index (κ3) is 3.68. The van der Waals surface area contributed by atoms with Crippen LogP contribution >= 0.6 is 0 Å². The topological polar surface area (TPSA) is 62.7 Å². The average Bonchev–Trinajstić information content (AvgIpc) is 3.07. The molecule has 2 saturated heterocycles. The molecule has 2 fully saturated rings. The minimum absolute atomic E-state index is 0.00508. The molecule has 24 heavy (non-hydrogen) atoms. The zero-order chi connectivity index (χ0) is 17.1. The standard InChI is InChI=1S/C18H25N3O3/c1-13-5-6-17(19-12-13)24-15-7-10-20(11-8-15)18(23)16-4-3-9-21(16)14(2)22/h5-6,12,15-16H,3-4,7-11H2,1-2H3/t16-/m1/s1. The highest BCUT2D eigenvalue weighted by Crippen LogP contribution is 2.23. The van der Waals surface area contributed by atoms with Crippen molar-refractivity contribution in [2.45, 2.75) is 51.7 Å². The zero-order valence-electron chi connectivity index (χ0n) is 14.4. The van der Waals surface area contributed by atoms with E-state index in [1.807, 2.05) is 24.0 Å². The number of piperidine rings is 1. The van der Waals surface area contributed by atoms with E-state index in [4.69, 9.17) is 4.74 Å². The maximum absolute atomic E-state index is 12.7. The first-order valence-electron chi connectivity index (χ1n) is 8.70. The number of likely N-dealkylation sites (tertiary alicyclic amines) is 2. The van der Waals surface area contributed by atoms with Gasteiger partial charge in [0.1, 0.15) is 12.1 Å². The normalized spacial score (nSPS) is 21.8. The van der Waals surface area contributed by atoms with Crippen LogP contribution < -0.4 is 4.74 Å². The molecule has 0 N–H and O–H groups in total. The minimum Gasteiger partial charge on any atom is -0.474 e. The molecule has 0 unspecified atom stereocenters. The summed E-state index contributed by atoms with van der Waals surface area (Å²) in [4.78, 5) is 32.2. The molecule has 2 aliphatic rings. The van der Waals surface area contributed by atoms with Crippen LogP contribution in [0, 0.1) is 6.92 Å². The first kappa shape index (κ1) is 16.7. The van der Waals surface area contributed by atoms with Gasteiger partial charge in [-0.05, 0) is 25.3 Å². The van der Waals surface area contributed by atoms with Gasteiger partial charge in [-0.25, -0.2) is 4.98 Å². The Balaban J connectivity index is 1.52. The fraction of sp³-hybridized carbons (Fsp3) is 0.611. The Morgan fingerprint density at radius 1 is 1.17 bits per heavy atom. The van der Waals surface area contributed by atoms with Crippen LogP contribution in [-0.4, -0.2) is 58.4 Å². The number of aryl methyl sites for hydroxylation is 1. The molecular weight excluding hydrogens is 306 g/mol. The molecule has 1 atom stereocenters. The first-order chi connectivity index (χ1) is 11.5. The van der Waals surface area contributed by atoms with Gasteiger partial charge in [0.2, 0.25) is 17.7 Å². The highest BCUT2D eigenvalue weighted by Gasteiger charge is 2.36. The predicted molar refractivity (Wildman–Crippen MR) is 89.6 cm³/mol. The largest absolute Gasteiger partial charge is 0.474 e. The van der Waals surface area contributed by atoms with Crippen molar-refractivity contribution in [2.75, 3.05) is 19.6 Å². The smallest absolute Gasteiger partial charge is 0.245 e. The number of carbonyl (C=O) groups is 2. The molecule has 3 rings (SSSR count). The Hall–Kier alpha value is -2.11. The molecule has 2 amide bonds. The fourth-order valence-corrected chi connectivity index (χ4v) is 3.50. The van der Waals surface area contributed by atoms with E-state index in [1.165, 1.54) is 0 Å². The van der Waals surface area contributed by atoms with E-state index in [-0.39, 0.29) is 24.0 Å². The first-order valence-corrected chi connectivity index (χ1v) is 8.70. The number of pyridine rings is 1. The van der Waals surface area contributed by atoms with Gasteiger partial charge in [-0.2, -0.15) is 0 Å². The monoisotopic (exact) mass is 331 g/mol. The second-order valence-corrected chi connectivity index (χ2v) is 6.69. The number of ether oxygens (including phenoxy) is 1. The molecule has 0 bridgehead atoms. The van der Waals surface area contributed by atoms with Crippen LogP contribution in [0.25, 0.3) is 0 Å². The molecule has 0 saturated carbocycles. The van der Waals surface area contributed by atoms with Crippen molar-refractivity contribution < 1.29 is 14.3 Å². The van der Waals surface area contributed by atoms with Gasteiger partial charge in [0.25, 0.3) is 0 Å². The quantitative estimate of drug-likeness (QED) is 0.847. The maximum atomic E-state index is 12.7. The third-order valence-electron chi connectivity index (χ3n) is 4.87. The lowest BCUT2D eigenvalue weighted by Crippen LogP contribution is -2.50. The van der Waals surface area contributed by atoms with Crippen molar-refractivity contribution in [1.82, 2.24) is 14.8 Å². The summed E-state index contributed by atoms with van der Waals surface area (Å²) in [6.07, 6.45) is 5.18. The Kier molecular flexibility index (Phi) is 5.02. The lowest BCUT2D eigenvalue weighted by molar-refractivity contribution is -0.144. The number of hydrogen-bond donors (Lipinski definition) is 0. The van der Waals surface area contributed by atoms with Crippen LogP contribution in [0.4, 0.5) is 0 Å². The van der Waals surface area contributed by atoms with Gasteiger partial charge < -0.3 is 14.5 Å². The SMILES string of the molecule is CC(=O)N1CCC[C@@H]1C(=O)N1CCC(Oc2ccc(C)cn2)CC1. The van der Waals surface area contributed by atoms with E-state index >= 15 is 0 Å². The van der Waals surface area contributed by atoms with Crippen molar-refractivity contribution in [3.8, 4) is 5.88 Å². The molecule has 6 heteroatoms. The van der Waals surface area contributed by atoms with Gasteiger partial charge >= 0.3 is 0 Å². The molecule has 2 aliphatic heterocycles. The number of rotatable bonds is 3. The van der Waals surface area contributed by atoms with Crippen molar-refractivity contribution >= 4 is 11.8 Å². The number of amides is 2. The van der Waals surface area contributed by atoms with Crippen LogP contribution in [0.3, 0.4) is 0 Å². The third-order valence-corrected chi connectivity index (χ3v) is 4.87. The molecule has 0 radical (unpaired) electrons. The molecule has 0 aliphatic carbocycles. The summed E-state index contributed by atoms with van der Waals surface area (Å²) in [7, 11) is 0. The lowest BCUT2D eigenvalue weighted by Gasteiger charge is -2.35. The number of nitrogens with zero attached hydrogens (tertiary/aromatic N) is 3. The summed E-state index contributed by atoms with van der Waals surface area (Å²) in [5.41, 5.74) is 1.11. The summed E-state index contributed by atoms with van der Waals surface area (Å²) >= 11 is 0. The van der Waals surface area contributed by atoms with E-state index in [1.54, 1.807) is 18.0 Å². The van der Waals surface area contributed by atoms with Crippen molar-refractivity contribution in [1.29, 1.82) is 0 Å². The van der Waals surface area contributed by atoms with Gasteiger partial charge in [0.15, 0.2) is 0 Å². The van der Waals surface area contributed by atoms with Crippen LogP contribution in [0.5, 0.6) is 5.88 Å². The van der Waals surface area contributed by atoms with Gasteiger partial charge in [-0.15, -0.1) is 0 Å². The molecular formula is C18H25N3O3. The van der Waals surface area contributed by atoms with E-state index in [2.05, 4.69) is 4.98 Å². The Morgan fingerprint density at radius 3 is 2.54 bits per heavy atom. The molecule has 6 nitrogen and oxygen atoms in total. The van der Waals surface area contributed by atoms with Crippen molar-refractivity contribution in [3.63, 3.8) is 0 Å². The molecule has 0 aromatic carbocycles. The average molecular weight is 331 g/mol. The molecule has 3 heterocycles. The molecule has 1 aromatic heterocycles. The zero-order valence-corrected chi connectivity index (χ0v) is 14.4.